The highest BCUT2D eigenvalue weighted by Crippen LogP contribution is 2.26. The molecule has 4 heteroatoms. The van der Waals surface area contributed by atoms with Gasteiger partial charge in [0, 0.05) is 25.7 Å². The highest BCUT2D eigenvalue weighted by atomic mass is 16.5. The molecule has 1 heterocycles. The summed E-state index contributed by atoms with van der Waals surface area (Å²) in [4.78, 5) is 2.43. The minimum atomic E-state index is 0.196. The summed E-state index contributed by atoms with van der Waals surface area (Å²) in [5, 5.41) is 0. The second-order valence-electron chi connectivity index (χ2n) is 6.20. The van der Waals surface area contributed by atoms with Crippen LogP contribution in [0.5, 0.6) is 5.75 Å². The van der Waals surface area contributed by atoms with Crippen molar-refractivity contribution in [2.45, 2.75) is 52.0 Å². The first-order valence-electron chi connectivity index (χ1n) is 7.85. The van der Waals surface area contributed by atoms with Crippen molar-refractivity contribution < 1.29 is 9.47 Å². The zero-order valence-electron chi connectivity index (χ0n) is 13.6. The highest BCUT2D eigenvalue weighted by Gasteiger charge is 2.28. The van der Waals surface area contributed by atoms with E-state index in [2.05, 4.69) is 30.9 Å². The fourth-order valence-corrected chi connectivity index (χ4v) is 3.01. The van der Waals surface area contributed by atoms with E-state index in [9.17, 15) is 0 Å². The Morgan fingerprint density at radius 2 is 1.76 bits per heavy atom. The van der Waals surface area contributed by atoms with Gasteiger partial charge in [-0.1, -0.05) is 12.1 Å². The summed E-state index contributed by atoms with van der Waals surface area (Å²) in [6.45, 7) is 10.8. The number of morpholine rings is 1. The Kier molecular flexibility index (Phi) is 5.62. The Balaban J connectivity index is 2.09. The fraction of sp³-hybridized carbons (Fsp3) is 0.647. The van der Waals surface area contributed by atoms with Crippen LogP contribution in [0.15, 0.2) is 24.3 Å². The average molecular weight is 292 g/mol. The summed E-state index contributed by atoms with van der Waals surface area (Å²) in [6, 6.07) is 8.56. The molecule has 4 nitrogen and oxygen atoms in total. The largest absolute Gasteiger partial charge is 0.491 e. The van der Waals surface area contributed by atoms with E-state index in [1.807, 2.05) is 26.0 Å². The van der Waals surface area contributed by atoms with E-state index in [4.69, 9.17) is 15.2 Å². The van der Waals surface area contributed by atoms with Gasteiger partial charge in [0.15, 0.2) is 0 Å². The Morgan fingerprint density at radius 3 is 2.24 bits per heavy atom. The maximum atomic E-state index is 6.03. The lowest BCUT2D eigenvalue weighted by Gasteiger charge is -2.40. The van der Waals surface area contributed by atoms with E-state index in [0.717, 1.165) is 18.8 Å². The molecule has 2 N–H and O–H groups in total. The van der Waals surface area contributed by atoms with Gasteiger partial charge in [0.2, 0.25) is 0 Å². The SMILES string of the molecule is CC(C)Oc1ccc(C(CN)N2C[C@@H](C)O[C@@H](C)C2)cc1. The second-order valence-corrected chi connectivity index (χ2v) is 6.20. The van der Waals surface area contributed by atoms with Crippen molar-refractivity contribution in [3.05, 3.63) is 29.8 Å². The van der Waals surface area contributed by atoms with Crippen LogP contribution < -0.4 is 10.5 Å². The van der Waals surface area contributed by atoms with Crippen molar-refractivity contribution in [1.29, 1.82) is 0 Å². The molecule has 3 atom stereocenters. The van der Waals surface area contributed by atoms with E-state index >= 15 is 0 Å². The van der Waals surface area contributed by atoms with Crippen LogP contribution in [-0.2, 0) is 4.74 Å². The third-order valence-corrected chi connectivity index (χ3v) is 3.75. The summed E-state index contributed by atoms with van der Waals surface area (Å²) < 4.78 is 11.5. The Labute approximate surface area is 128 Å². The molecule has 0 spiro atoms. The minimum absolute atomic E-state index is 0.196. The van der Waals surface area contributed by atoms with Crippen molar-refractivity contribution in [1.82, 2.24) is 4.90 Å². The molecule has 2 rings (SSSR count). The molecule has 0 radical (unpaired) electrons. The van der Waals surface area contributed by atoms with Gasteiger partial charge < -0.3 is 15.2 Å². The van der Waals surface area contributed by atoms with Crippen LogP contribution in [0.1, 0.15) is 39.3 Å². The third kappa shape index (κ3) is 4.43. The number of benzene rings is 1. The molecule has 0 aliphatic carbocycles. The molecule has 1 aromatic rings. The predicted octanol–water partition coefficient (Wildman–Crippen LogP) is 2.58. The molecule has 1 unspecified atom stereocenters. The molecule has 21 heavy (non-hydrogen) atoms. The second kappa shape index (κ2) is 7.25. The number of nitrogens with zero attached hydrogens (tertiary/aromatic N) is 1. The molecule has 1 aliphatic heterocycles. The van der Waals surface area contributed by atoms with Crippen LogP contribution in [0.4, 0.5) is 0 Å². The predicted molar refractivity (Wildman–Crippen MR) is 85.6 cm³/mol. The normalized spacial score (nSPS) is 25.0. The molecule has 1 saturated heterocycles. The maximum Gasteiger partial charge on any atom is 0.119 e. The van der Waals surface area contributed by atoms with Crippen LogP contribution in [0.25, 0.3) is 0 Å². The molecule has 0 saturated carbocycles. The smallest absolute Gasteiger partial charge is 0.119 e. The lowest BCUT2D eigenvalue weighted by Crippen LogP contribution is -2.48. The van der Waals surface area contributed by atoms with Gasteiger partial charge >= 0.3 is 0 Å². The first kappa shape index (κ1) is 16.3. The zero-order valence-corrected chi connectivity index (χ0v) is 13.6. The quantitative estimate of drug-likeness (QED) is 0.906. The van der Waals surface area contributed by atoms with Crippen LogP contribution in [0.3, 0.4) is 0 Å². The van der Waals surface area contributed by atoms with Crippen LogP contribution in [-0.4, -0.2) is 42.8 Å². The summed E-state index contributed by atoms with van der Waals surface area (Å²) in [6.07, 6.45) is 0.708. The van der Waals surface area contributed by atoms with E-state index in [-0.39, 0.29) is 24.4 Å². The van der Waals surface area contributed by atoms with Gasteiger partial charge in [-0.05, 0) is 45.4 Å². The Hall–Kier alpha value is -1.10. The molecule has 0 amide bonds. The van der Waals surface area contributed by atoms with Crippen LogP contribution in [0.2, 0.25) is 0 Å². The Morgan fingerprint density at radius 1 is 1.19 bits per heavy atom. The van der Waals surface area contributed by atoms with Gasteiger partial charge in [0.05, 0.1) is 18.3 Å². The minimum Gasteiger partial charge on any atom is -0.491 e. The highest BCUT2D eigenvalue weighted by molar-refractivity contribution is 5.29. The lowest BCUT2D eigenvalue weighted by atomic mass is 10.0. The number of ether oxygens (including phenoxy) is 2. The van der Waals surface area contributed by atoms with E-state index in [0.29, 0.717) is 6.54 Å². The van der Waals surface area contributed by atoms with Crippen molar-refractivity contribution >= 4 is 0 Å². The average Bonchev–Trinajstić information content (AvgIpc) is 2.40. The number of hydrogen-bond donors (Lipinski definition) is 1. The van der Waals surface area contributed by atoms with Gasteiger partial charge in [-0.25, -0.2) is 0 Å². The van der Waals surface area contributed by atoms with Crippen LogP contribution >= 0.6 is 0 Å². The van der Waals surface area contributed by atoms with Crippen molar-refractivity contribution in [2.75, 3.05) is 19.6 Å². The molecule has 1 aliphatic rings. The molecule has 118 valence electrons. The fourth-order valence-electron chi connectivity index (χ4n) is 3.01. The van der Waals surface area contributed by atoms with Crippen LogP contribution in [0, 0.1) is 0 Å². The van der Waals surface area contributed by atoms with E-state index in [1.54, 1.807) is 0 Å². The summed E-state index contributed by atoms with van der Waals surface area (Å²) in [5.74, 6) is 0.910. The van der Waals surface area contributed by atoms with Gasteiger partial charge in [-0.15, -0.1) is 0 Å². The zero-order chi connectivity index (χ0) is 15.4. The monoisotopic (exact) mass is 292 g/mol. The van der Waals surface area contributed by atoms with E-state index in [1.165, 1.54) is 5.56 Å². The maximum absolute atomic E-state index is 6.03. The van der Waals surface area contributed by atoms with Crippen molar-refractivity contribution in [3.8, 4) is 5.75 Å². The molecular weight excluding hydrogens is 264 g/mol. The lowest BCUT2D eigenvalue weighted by molar-refractivity contribution is -0.0799. The molecule has 1 aromatic carbocycles. The first-order valence-corrected chi connectivity index (χ1v) is 7.85. The topological polar surface area (TPSA) is 47.7 Å². The van der Waals surface area contributed by atoms with Crippen molar-refractivity contribution in [3.63, 3.8) is 0 Å². The molecule has 0 bridgehead atoms. The Bertz CT molecular complexity index is 423. The van der Waals surface area contributed by atoms with Gasteiger partial charge in [0.1, 0.15) is 5.75 Å². The summed E-state index contributed by atoms with van der Waals surface area (Å²) >= 11 is 0. The third-order valence-electron chi connectivity index (χ3n) is 3.75. The van der Waals surface area contributed by atoms with Gasteiger partial charge in [0.25, 0.3) is 0 Å². The number of hydrogen-bond acceptors (Lipinski definition) is 4. The molecular formula is C17H28N2O2. The molecule has 1 fully saturated rings. The molecule has 0 aromatic heterocycles. The standard InChI is InChI=1S/C17H28N2O2/c1-12(2)20-16-7-5-15(6-8-16)17(9-18)19-10-13(3)21-14(4)11-19/h5-8,12-14,17H,9-11,18H2,1-4H3/t13-,14+,17?. The number of rotatable bonds is 5. The summed E-state index contributed by atoms with van der Waals surface area (Å²) in [7, 11) is 0. The first-order chi connectivity index (χ1) is 9.99. The summed E-state index contributed by atoms with van der Waals surface area (Å²) in [5.41, 5.74) is 7.28. The van der Waals surface area contributed by atoms with Gasteiger partial charge in [-0.2, -0.15) is 0 Å². The van der Waals surface area contributed by atoms with Crippen molar-refractivity contribution in [2.24, 2.45) is 5.73 Å². The number of nitrogens with two attached hydrogens (primary N) is 1. The van der Waals surface area contributed by atoms with E-state index < -0.39 is 0 Å². The van der Waals surface area contributed by atoms with Gasteiger partial charge in [-0.3, -0.25) is 4.90 Å².